The van der Waals surface area contributed by atoms with Crippen LogP contribution in [-0.2, 0) is 17.6 Å². The predicted molar refractivity (Wildman–Crippen MR) is 90.4 cm³/mol. The van der Waals surface area contributed by atoms with Gasteiger partial charge in [0.25, 0.3) is 5.91 Å². The molecule has 2 amide bonds. The Morgan fingerprint density at radius 3 is 2.42 bits per heavy atom. The monoisotopic (exact) mass is 362 g/mol. The van der Waals surface area contributed by atoms with Crippen molar-refractivity contribution >= 4 is 17.5 Å². The molecule has 0 heterocycles. The fraction of sp³-hybridized carbons (Fsp3) is 0.263. The first-order valence-corrected chi connectivity index (χ1v) is 8.29. The second-order valence-corrected chi connectivity index (χ2v) is 6.14. The molecule has 2 aromatic carbocycles. The lowest BCUT2D eigenvalue weighted by Gasteiger charge is -2.16. The molecule has 4 nitrogen and oxygen atoms in total. The van der Waals surface area contributed by atoms with E-state index in [0.717, 1.165) is 37.3 Å². The number of hydrogen-bond acceptors (Lipinski definition) is 2. The number of nitrogens with one attached hydrogen (secondary N) is 2. The smallest absolute Gasteiger partial charge is 0.251 e. The van der Waals surface area contributed by atoms with Gasteiger partial charge in [0, 0.05) is 5.56 Å². The van der Waals surface area contributed by atoms with Crippen LogP contribution in [0.15, 0.2) is 30.3 Å². The van der Waals surface area contributed by atoms with Crippen LogP contribution in [0.5, 0.6) is 0 Å². The number of rotatable bonds is 4. The Bertz CT molecular complexity index is 868. The van der Waals surface area contributed by atoms with Gasteiger partial charge in [0.15, 0.2) is 17.5 Å². The third kappa shape index (κ3) is 3.87. The Morgan fingerprint density at radius 2 is 1.65 bits per heavy atom. The number of aryl methyl sites for hydroxylation is 2. The van der Waals surface area contributed by atoms with Crippen molar-refractivity contribution in [3.8, 4) is 0 Å². The number of anilines is 1. The van der Waals surface area contributed by atoms with Gasteiger partial charge in [0.05, 0.1) is 12.2 Å². The lowest BCUT2D eigenvalue weighted by Crippen LogP contribution is -2.33. The zero-order chi connectivity index (χ0) is 18.7. The molecule has 26 heavy (non-hydrogen) atoms. The molecular formula is C19H17F3N2O2. The molecule has 0 saturated heterocycles. The summed E-state index contributed by atoms with van der Waals surface area (Å²) in [6.07, 6.45) is 4.14. The minimum absolute atomic E-state index is 0.422. The number of carbonyl (C=O) groups is 2. The summed E-state index contributed by atoms with van der Waals surface area (Å²) in [6.45, 7) is -0.422. The first-order chi connectivity index (χ1) is 12.5. The summed E-state index contributed by atoms with van der Waals surface area (Å²) in [7, 11) is 0. The maximum absolute atomic E-state index is 13.5. The summed E-state index contributed by atoms with van der Waals surface area (Å²) in [5.74, 6) is -5.68. The highest BCUT2D eigenvalue weighted by molar-refractivity contribution is 5.99. The van der Waals surface area contributed by atoms with Crippen molar-refractivity contribution in [2.75, 3.05) is 11.9 Å². The van der Waals surface area contributed by atoms with Crippen molar-refractivity contribution in [1.29, 1.82) is 0 Å². The highest BCUT2D eigenvalue weighted by Gasteiger charge is 2.16. The van der Waals surface area contributed by atoms with Gasteiger partial charge in [-0.2, -0.15) is 0 Å². The van der Waals surface area contributed by atoms with Gasteiger partial charge in [-0.15, -0.1) is 0 Å². The molecular weight excluding hydrogens is 345 g/mol. The molecule has 1 aliphatic carbocycles. The first-order valence-electron chi connectivity index (χ1n) is 8.29. The van der Waals surface area contributed by atoms with Crippen LogP contribution in [0.1, 0.15) is 34.3 Å². The fourth-order valence-electron chi connectivity index (χ4n) is 2.95. The molecule has 2 aromatic rings. The maximum atomic E-state index is 13.5. The van der Waals surface area contributed by atoms with E-state index in [-0.39, 0.29) is 0 Å². The molecule has 7 heteroatoms. The van der Waals surface area contributed by atoms with Crippen molar-refractivity contribution in [2.24, 2.45) is 0 Å². The Balaban J connectivity index is 1.59. The van der Waals surface area contributed by atoms with E-state index < -0.39 is 41.5 Å². The van der Waals surface area contributed by atoms with Gasteiger partial charge in [-0.1, -0.05) is 6.07 Å². The van der Waals surface area contributed by atoms with Gasteiger partial charge in [-0.3, -0.25) is 9.59 Å². The van der Waals surface area contributed by atoms with Crippen LogP contribution < -0.4 is 10.6 Å². The molecule has 0 radical (unpaired) electrons. The average molecular weight is 362 g/mol. The van der Waals surface area contributed by atoms with Crippen molar-refractivity contribution in [3.05, 3.63) is 64.5 Å². The predicted octanol–water partition coefficient (Wildman–Crippen LogP) is 3.35. The van der Waals surface area contributed by atoms with Crippen LogP contribution in [-0.4, -0.2) is 18.4 Å². The molecule has 1 aliphatic rings. The molecule has 0 atom stereocenters. The molecule has 0 fully saturated rings. The molecule has 0 bridgehead atoms. The molecule has 0 unspecified atom stereocenters. The third-order valence-corrected chi connectivity index (χ3v) is 4.33. The third-order valence-electron chi connectivity index (χ3n) is 4.33. The lowest BCUT2D eigenvalue weighted by atomic mass is 9.90. The molecule has 0 aliphatic heterocycles. The van der Waals surface area contributed by atoms with E-state index >= 15 is 0 Å². The molecule has 0 spiro atoms. The Kier molecular flexibility index (Phi) is 5.25. The molecule has 0 aromatic heterocycles. The lowest BCUT2D eigenvalue weighted by molar-refractivity contribution is -0.115. The summed E-state index contributed by atoms with van der Waals surface area (Å²) < 4.78 is 39.5. The number of carbonyl (C=O) groups excluding carboxylic acids is 2. The van der Waals surface area contributed by atoms with Gasteiger partial charge in [-0.05, 0) is 61.1 Å². The highest BCUT2D eigenvalue weighted by Crippen LogP contribution is 2.22. The summed E-state index contributed by atoms with van der Waals surface area (Å²) in [6, 6.07) is 7.06. The van der Waals surface area contributed by atoms with Crippen molar-refractivity contribution in [1.82, 2.24) is 5.32 Å². The number of halogens is 3. The zero-order valence-electron chi connectivity index (χ0n) is 13.9. The normalized spacial score (nSPS) is 13.0. The van der Waals surface area contributed by atoms with Gasteiger partial charge < -0.3 is 10.6 Å². The van der Waals surface area contributed by atoms with Crippen LogP contribution in [0.2, 0.25) is 0 Å². The van der Waals surface area contributed by atoms with Gasteiger partial charge in [0.1, 0.15) is 0 Å². The SMILES string of the molecule is O=C(CNC(=O)c1ccc2c(c1)CCCC2)Nc1ccc(F)c(F)c1F. The van der Waals surface area contributed by atoms with Gasteiger partial charge in [-0.25, -0.2) is 13.2 Å². The molecule has 3 rings (SSSR count). The van der Waals surface area contributed by atoms with E-state index in [1.54, 1.807) is 6.07 Å². The molecule has 0 saturated carbocycles. The summed E-state index contributed by atoms with van der Waals surface area (Å²) in [5, 5.41) is 4.53. The van der Waals surface area contributed by atoms with Crippen molar-refractivity contribution in [3.63, 3.8) is 0 Å². The maximum Gasteiger partial charge on any atom is 0.251 e. The number of benzene rings is 2. The topological polar surface area (TPSA) is 58.2 Å². The average Bonchev–Trinajstić information content (AvgIpc) is 2.66. The van der Waals surface area contributed by atoms with Gasteiger partial charge >= 0.3 is 0 Å². The van der Waals surface area contributed by atoms with E-state index in [1.807, 2.05) is 12.1 Å². The minimum Gasteiger partial charge on any atom is -0.343 e. The van der Waals surface area contributed by atoms with Crippen LogP contribution in [0.25, 0.3) is 0 Å². The van der Waals surface area contributed by atoms with Crippen molar-refractivity contribution in [2.45, 2.75) is 25.7 Å². The fourth-order valence-corrected chi connectivity index (χ4v) is 2.95. The minimum atomic E-state index is -1.67. The largest absolute Gasteiger partial charge is 0.343 e. The summed E-state index contributed by atoms with van der Waals surface area (Å²) in [4.78, 5) is 24.0. The van der Waals surface area contributed by atoms with Crippen LogP contribution in [0.4, 0.5) is 18.9 Å². The van der Waals surface area contributed by atoms with Crippen LogP contribution in [0.3, 0.4) is 0 Å². The second-order valence-electron chi connectivity index (χ2n) is 6.14. The number of fused-ring (bicyclic) bond motifs is 1. The van der Waals surface area contributed by atoms with E-state index in [9.17, 15) is 22.8 Å². The number of hydrogen-bond donors (Lipinski definition) is 2. The molecule has 136 valence electrons. The highest BCUT2D eigenvalue weighted by atomic mass is 19.2. The van der Waals surface area contributed by atoms with E-state index in [0.29, 0.717) is 11.6 Å². The number of amides is 2. The quantitative estimate of drug-likeness (QED) is 0.820. The molecule has 2 N–H and O–H groups in total. The van der Waals surface area contributed by atoms with E-state index in [1.165, 1.54) is 5.56 Å². The second kappa shape index (κ2) is 7.59. The Hall–Kier alpha value is -2.83. The standard InChI is InChI=1S/C19H17F3N2O2/c20-14-7-8-15(18(22)17(14)21)24-16(25)10-23-19(26)13-6-5-11-3-1-2-4-12(11)9-13/h5-9H,1-4,10H2,(H,23,26)(H,24,25). The first kappa shape index (κ1) is 18.0. The van der Waals surface area contributed by atoms with E-state index in [2.05, 4.69) is 10.6 Å². The zero-order valence-corrected chi connectivity index (χ0v) is 13.9. The van der Waals surface area contributed by atoms with Crippen LogP contribution >= 0.6 is 0 Å². The summed E-state index contributed by atoms with van der Waals surface area (Å²) in [5.41, 5.74) is 2.32. The van der Waals surface area contributed by atoms with Crippen LogP contribution in [0, 0.1) is 17.5 Å². The Morgan fingerprint density at radius 1 is 0.923 bits per heavy atom. The van der Waals surface area contributed by atoms with E-state index in [4.69, 9.17) is 0 Å². The van der Waals surface area contributed by atoms with Gasteiger partial charge in [0.2, 0.25) is 5.91 Å². The Labute approximate surface area is 148 Å². The summed E-state index contributed by atoms with van der Waals surface area (Å²) >= 11 is 0. The van der Waals surface area contributed by atoms with Crippen molar-refractivity contribution < 1.29 is 22.8 Å².